The van der Waals surface area contributed by atoms with Gasteiger partial charge in [0, 0.05) is 6.61 Å². The van der Waals surface area contributed by atoms with Crippen LogP contribution in [0.15, 0.2) is 0 Å². The van der Waals surface area contributed by atoms with Gasteiger partial charge in [0.25, 0.3) is 0 Å². The molecular formula is C6H17OSiSn. The molecule has 0 aromatic heterocycles. The summed E-state index contributed by atoms with van der Waals surface area (Å²) in [5.74, 6) is 0. The van der Waals surface area contributed by atoms with E-state index in [1.54, 1.807) is 22.5 Å². The third-order valence-corrected chi connectivity index (χ3v) is 1.11. The average Bonchev–Trinajstić information content (AvgIpc) is 1.86. The van der Waals surface area contributed by atoms with Crippen LogP contribution in [0.5, 0.6) is 0 Å². The minimum absolute atomic E-state index is 0.903. The van der Waals surface area contributed by atoms with Crippen LogP contribution in [-0.2, 0) is 4.43 Å². The fraction of sp³-hybridized carbons (Fsp3) is 1.00. The van der Waals surface area contributed by atoms with Crippen molar-refractivity contribution >= 4 is 33.0 Å². The van der Waals surface area contributed by atoms with Crippen LogP contribution in [0, 0.1) is 0 Å². The van der Waals surface area contributed by atoms with E-state index in [1.807, 2.05) is 0 Å². The number of hydrogen-bond donors (Lipinski definition) is 0. The van der Waals surface area contributed by atoms with Crippen molar-refractivity contribution in [3.8, 4) is 0 Å². The van der Waals surface area contributed by atoms with Crippen molar-refractivity contribution in [1.29, 1.82) is 0 Å². The van der Waals surface area contributed by atoms with Crippen molar-refractivity contribution in [1.82, 2.24) is 0 Å². The Balaban J connectivity index is 0. The summed E-state index contributed by atoms with van der Waals surface area (Å²) in [4.78, 5) is 0. The van der Waals surface area contributed by atoms with Crippen LogP contribution in [0.4, 0.5) is 0 Å². The third kappa shape index (κ3) is 27.6. The summed E-state index contributed by atoms with van der Waals surface area (Å²) in [6.45, 7) is 5.31. The van der Waals surface area contributed by atoms with Crippen molar-refractivity contribution < 1.29 is 4.43 Å². The maximum atomic E-state index is 4.92. The molecule has 0 spiro atoms. The zero-order valence-corrected chi connectivity index (χ0v) is 11.6. The second kappa shape index (κ2) is 16.0. The van der Waals surface area contributed by atoms with Crippen LogP contribution in [0.25, 0.3) is 0 Å². The Kier molecular flexibility index (Phi) is 22.4. The van der Waals surface area contributed by atoms with Crippen LogP contribution < -0.4 is 0 Å². The molecule has 9 heavy (non-hydrogen) atoms. The SMILES string of the molecule is CCCCO[SiH3].C[CH2][Sn]. The van der Waals surface area contributed by atoms with Gasteiger partial charge in [-0.1, -0.05) is 13.3 Å². The molecule has 3 heteroatoms. The van der Waals surface area contributed by atoms with Crippen molar-refractivity contribution in [2.24, 2.45) is 0 Å². The summed E-state index contributed by atoms with van der Waals surface area (Å²) in [5, 5.41) is 0. The van der Waals surface area contributed by atoms with Crippen molar-refractivity contribution in [3.05, 3.63) is 0 Å². The maximum absolute atomic E-state index is 4.92. The molecule has 0 rings (SSSR count). The second-order valence-electron chi connectivity index (χ2n) is 1.70. The molecule has 0 amide bonds. The monoisotopic (exact) mass is 253 g/mol. The first-order chi connectivity index (χ1) is 4.33. The van der Waals surface area contributed by atoms with Crippen molar-refractivity contribution in [2.45, 2.75) is 31.1 Å². The molecule has 0 atom stereocenters. The summed E-state index contributed by atoms with van der Waals surface area (Å²) in [7, 11) is 0.903. The summed E-state index contributed by atoms with van der Waals surface area (Å²) in [6.07, 6.45) is 2.48. The van der Waals surface area contributed by atoms with E-state index in [1.165, 1.54) is 17.3 Å². The number of rotatable bonds is 3. The van der Waals surface area contributed by atoms with E-state index in [0.29, 0.717) is 0 Å². The molecule has 0 aromatic rings. The molecule has 0 heterocycles. The van der Waals surface area contributed by atoms with Gasteiger partial charge in [0.15, 0.2) is 0 Å². The Morgan fingerprint density at radius 3 is 2.00 bits per heavy atom. The molecule has 0 N–H and O–H groups in total. The molecule has 0 saturated heterocycles. The molecule has 3 radical (unpaired) electrons. The number of unbranched alkanes of at least 4 members (excludes halogenated alkanes) is 1. The Hall–Kier alpha value is 0.976. The van der Waals surface area contributed by atoms with Crippen molar-refractivity contribution in [3.63, 3.8) is 0 Å². The minimum atomic E-state index is 0.903. The molecule has 0 saturated carbocycles. The van der Waals surface area contributed by atoms with E-state index in [4.69, 9.17) is 4.43 Å². The fourth-order valence-corrected chi connectivity index (χ4v) is 0.577. The van der Waals surface area contributed by atoms with E-state index >= 15 is 0 Å². The first-order valence-corrected chi connectivity index (χ1v) is 6.30. The Labute approximate surface area is 75.2 Å². The van der Waals surface area contributed by atoms with Crippen LogP contribution in [0.1, 0.15) is 26.7 Å². The summed E-state index contributed by atoms with van der Waals surface area (Å²) >= 11 is 1.64. The zero-order valence-electron chi connectivity index (χ0n) is 6.74. The van der Waals surface area contributed by atoms with Gasteiger partial charge >= 0.3 is 33.9 Å². The fourth-order valence-electron chi connectivity index (χ4n) is 0.289. The molecule has 0 aromatic carbocycles. The Morgan fingerprint density at radius 1 is 1.44 bits per heavy atom. The van der Waals surface area contributed by atoms with Crippen LogP contribution in [0.2, 0.25) is 4.44 Å². The summed E-state index contributed by atoms with van der Waals surface area (Å²) in [5.41, 5.74) is 0. The average molecular weight is 252 g/mol. The van der Waals surface area contributed by atoms with Crippen molar-refractivity contribution in [2.75, 3.05) is 6.61 Å². The third-order valence-electron chi connectivity index (χ3n) is 0.702. The molecule has 1 nitrogen and oxygen atoms in total. The van der Waals surface area contributed by atoms with Gasteiger partial charge in [-0.3, -0.25) is 0 Å². The Morgan fingerprint density at radius 2 is 1.89 bits per heavy atom. The molecule has 0 aliphatic heterocycles. The topological polar surface area (TPSA) is 9.23 Å². The quantitative estimate of drug-likeness (QED) is 0.530. The Bertz CT molecular complexity index is 32.2. The summed E-state index contributed by atoms with van der Waals surface area (Å²) in [6, 6.07) is 0. The van der Waals surface area contributed by atoms with Gasteiger partial charge in [0.1, 0.15) is 10.5 Å². The molecule has 0 aliphatic rings. The number of hydrogen-bond acceptors (Lipinski definition) is 1. The molecule has 0 aliphatic carbocycles. The first-order valence-electron chi connectivity index (χ1n) is 3.46. The molecule has 0 unspecified atom stereocenters. The predicted octanol–water partition coefficient (Wildman–Crippen LogP) is 0.677. The second-order valence-corrected chi connectivity index (χ2v) is 4.30. The van der Waals surface area contributed by atoms with Crippen LogP contribution in [0.3, 0.4) is 0 Å². The van der Waals surface area contributed by atoms with E-state index in [9.17, 15) is 0 Å². The zero-order chi connectivity index (χ0) is 7.54. The normalized spacial score (nSPS) is 8.33. The van der Waals surface area contributed by atoms with E-state index < -0.39 is 0 Å². The first kappa shape index (κ1) is 12.6. The van der Waals surface area contributed by atoms with E-state index in [2.05, 4.69) is 13.8 Å². The van der Waals surface area contributed by atoms with Gasteiger partial charge in [-0.05, 0) is 6.42 Å². The molecule has 55 valence electrons. The van der Waals surface area contributed by atoms with Gasteiger partial charge in [-0.25, -0.2) is 0 Å². The van der Waals surface area contributed by atoms with Gasteiger partial charge in [0.2, 0.25) is 0 Å². The van der Waals surface area contributed by atoms with Gasteiger partial charge in [-0.2, -0.15) is 0 Å². The summed E-state index contributed by atoms with van der Waals surface area (Å²) < 4.78 is 6.26. The van der Waals surface area contributed by atoms with Gasteiger partial charge in [-0.15, -0.1) is 0 Å². The van der Waals surface area contributed by atoms with Crippen LogP contribution in [-0.4, -0.2) is 39.6 Å². The predicted molar refractivity (Wildman–Crippen MR) is 47.0 cm³/mol. The van der Waals surface area contributed by atoms with Gasteiger partial charge in [0.05, 0.1) is 0 Å². The van der Waals surface area contributed by atoms with Gasteiger partial charge < -0.3 is 4.43 Å². The molecular weight excluding hydrogens is 235 g/mol. The molecule has 0 bridgehead atoms. The van der Waals surface area contributed by atoms with E-state index in [0.717, 1.165) is 17.1 Å². The molecule has 0 fully saturated rings. The standard InChI is InChI=1S/C4H12OSi.C2H5.Sn/c1-2-3-4-5-6;1-2;/h2-4H2,1,6H3;1H2,2H3;. The van der Waals surface area contributed by atoms with Crippen LogP contribution >= 0.6 is 0 Å². The van der Waals surface area contributed by atoms with E-state index in [-0.39, 0.29) is 0 Å².